The Kier molecular flexibility index (Phi) is 4.66. The van der Waals surface area contributed by atoms with Crippen molar-refractivity contribution in [2.24, 2.45) is 0 Å². The Bertz CT molecular complexity index is 482. The van der Waals surface area contributed by atoms with Gasteiger partial charge in [0.05, 0.1) is 9.94 Å². The van der Waals surface area contributed by atoms with Gasteiger partial charge in [-0.05, 0) is 44.4 Å². The van der Waals surface area contributed by atoms with Crippen LogP contribution in [0.2, 0.25) is 4.34 Å². The molecule has 1 unspecified atom stereocenters. The first-order valence-corrected chi connectivity index (χ1v) is 7.60. The summed E-state index contributed by atoms with van der Waals surface area (Å²) in [4.78, 5) is 14.8. The van der Waals surface area contributed by atoms with Crippen molar-refractivity contribution in [3.05, 3.63) is 27.4 Å². The van der Waals surface area contributed by atoms with Gasteiger partial charge in [0.1, 0.15) is 0 Å². The molecule has 1 N–H and O–H groups in total. The Hall–Kier alpha value is -0.840. The zero-order chi connectivity index (χ0) is 13.9. The van der Waals surface area contributed by atoms with Gasteiger partial charge in [0, 0.05) is 24.0 Å². The zero-order valence-corrected chi connectivity index (χ0v) is 12.5. The summed E-state index contributed by atoms with van der Waals surface area (Å²) in [6.07, 6.45) is 5.61. The molecule has 1 amide bonds. The second kappa shape index (κ2) is 6.07. The van der Waals surface area contributed by atoms with E-state index in [1.165, 1.54) is 11.3 Å². The van der Waals surface area contributed by atoms with Gasteiger partial charge in [0.15, 0.2) is 0 Å². The van der Waals surface area contributed by atoms with Crippen molar-refractivity contribution in [2.45, 2.75) is 31.8 Å². The average Bonchev–Trinajstić information content (AvgIpc) is 2.67. The summed E-state index contributed by atoms with van der Waals surface area (Å²) >= 11 is 7.29. The number of carbonyl (C=O) groups is 1. The SMILES string of the molecule is CC1(O)CCCN(C(=O)/C=C/c2ccc(Cl)s2)CC1. The minimum atomic E-state index is -0.639. The highest BCUT2D eigenvalue weighted by molar-refractivity contribution is 7.17. The van der Waals surface area contributed by atoms with Crippen LogP contribution in [-0.4, -0.2) is 34.6 Å². The van der Waals surface area contributed by atoms with Gasteiger partial charge in [0.2, 0.25) is 5.91 Å². The van der Waals surface area contributed by atoms with Gasteiger partial charge in [0.25, 0.3) is 0 Å². The van der Waals surface area contributed by atoms with E-state index in [0.29, 0.717) is 19.5 Å². The van der Waals surface area contributed by atoms with Gasteiger partial charge in [-0.25, -0.2) is 0 Å². The molecule has 2 rings (SSSR count). The molecule has 5 heteroatoms. The van der Waals surface area contributed by atoms with Crippen LogP contribution in [0.5, 0.6) is 0 Å². The van der Waals surface area contributed by atoms with Crippen LogP contribution in [0.25, 0.3) is 6.08 Å². The third kappa shape index (κ3) is 4.34. The van der Waals surface area contributed by atoms with Crippen LogP contribution in [-0.2, 0) is 4.79 Å². The minimum absolute atomic E-state index is 0.00206. The molecule has 0 radical (unpaired) electrons. The van der Waals surface area contributed by atoms with Crippen molar-refractivity contribution in [3.8, 4) is 0 Å². The van der Waals surface area contributed by atoms with E-state index in [2.05, 4.69) is 0 Å². The summed E-state index contributed by atoms with van der Waals surface area (Å²) in [5.41, 5.74) is -0.639. The third-order valence-corrected chi connectivity index (χ3v) is 4.56. The molecule has 19 heavy (non-hydrogen) atoms. The van der Waals surface area contributed by atoms with E-state index >= 15 is 0 Å². The molecular weight excluding hydrogens is 282 g/mol. The van der Waals surface area contributed by atoms with Crippen LogP contribution < -0.4 is 0 Å². The van der Waals surface area contributed by atoms with Crippen LogP contribution in [0.3, 0.4) is 0 Å². The number of halogens is 1. The standard InChI is InChI=1S/C14H18ClNO2S/c1-14(18)7-2-9-16(10-8-14)13(17)6-4-11-3-5-12(15)19-11/h3-6,18H,2,7-10H2,1H3/b6-4+. The Morgan fingerprint density at radius 3 is 2.95 bits per heavy atom. The summed E-state index contributed by atoms with van der Waals surface area (Å²) in [7, 11) is 0. The first kappa shape index (κ1) is 14.6. The molecule has 3 nitrogen and oxygen atoms in total. The number of carbonyl (C=O) groups excluding carboxylic acids is 1. The maximum absolute atomic E-state index is 12.1. The highest BCUT2D eigenvalue weighted by atomic mass is 35.5. The summed E-state index contributed by atoms with van der Waals surface area (Å²) in [5, 5.41) is 10.00. The summed E-state index contributed by atoms with van der Waals surface area (Å²) in [6.45, 7) is 3.16. The van der Waals surface area contributed by atoms with Gasteiger partial charge < -0.3 is 10.0 Å². The fourth-order valence-corrected chi connectivity index (χ4v) is 3.12. The fourth-order valence-electron chi connectivity index (χ4n) is 2.16. The number of aliphatic hydroxyl groups is 1. The molecule has 1 aliphatic heterocycles. The fraction of sp³-hybridized carbons (Fsp3) is 0.500. The Morgan fingerprint density at radius 2 is 2.26 bits per heavy atom. The monoisotopic (exact) mass is 299 g/mol. The first-order chi connectivity index (χ1) is 8.96. The molecule has 0 aliphatic carbocycles. The molecular formula is C14H18ClNO2S. The molecule has 1 fully saturated rings. The van der Waals surface area contributed by atoms with Gasteiger partial charge in [-0.1, -0.05) is 11.6 Å². The van der Waals surface area contributed by atoms with Gasteiger partial charge in [-0.2, -0.15) is 0 Å². The van der Waals surface area contributed by atoms with E-state index in [-0.39, 0.29) is 5.91 Å². The highest BCUT2D eigenvalue weighted by Crippen LogP contribution is 2.23. The molecule has 0 spiro atoms. The molecule has 1 aromatic heterocycles. The number of rotatable bonds is 2. The lowest BCUT2D eigenvalue weighted by Gasteiger charge is -2.21. The van der Waals surface area contributed by atoms with E-state index in [0.717, 1.165) is 22.1 Å². The lowest BCUT2D eigenvalue weighted by atomic mass is 9.98. The van der Waals surface area contributed by atoms with Crippen LogP contribution in [0, 0.1) is 0 Å². The molecule has 1 atom stereocenters. The predicted molar refractivity (Wildman–Crippen MR) is 79.4 cm³/mol. The van der Waals surface area contributed by atoms with Crippen molar-refractivity contribution >= 4 is 34.9 Å². The van der Waals surface area contributed by atoms with E-state index < -0.39 is 5.60 Å². The van der Waals surface area contributed by atoms with Crippen LogP contribution in [0.1, 0.15) is 31.1 Å². The summed E-state index contributed by atoms with van der Waals surface area (Å²) in [6, 6.07) is 3.71. The number of nitrogens with zero attached hydrogens (tertiary/aromatic N) is 1. The molecule has 2 heterocycles. The third-order valence-electron chi connectivity index (χ3n) is 3.36. The lowest BCUT2D eigenvalue weighted by molar-refractivity contribution is -0.126. The van der Waals surface area contributed by atoms with Crippen molar-refractivity contribution in [1.82, 2.24) is 4.90 Å². The minimum Gasteiger partial charge on any atom is -0.390 e. The molecule has 1 aliphatic rings. The summed E-state index contributed by atoms with van der Waals surface area (Å²) < 4.78 is 0.720. The highest BCUT2D eigenvalue weighted by Gasteiger charge is 2.26. The van der Waals surface area contributed by atoms with Crippen LogP contribution in [0.15, 0.2) is 18.2 Å². The van der Waals surface area contributed by atoms with Crippen LogP contribution >= 0.6 is 22.9 Å². The zero-order valence-electron chi connectivity index (χ0n) is 10.9. The topological polar surface area (TPSA) is 40.5 Å². The number of hydrogen-bond acceptors (Lipinski definition) is 3. The Morgan fingerprint density at radius 1 is 1.47 bits per heavy atom. The predicted octanol–water partition coefficient (Wildman–Crippen LogP) is 3.18. The Labute approximate surface area is 122 Å². The quantitative estimate of drug-likeness (QED) is 0.852. The molecule has 104 valence electrons. The van der Waals surface area contributed by atoms with E-state index in [9.17, 15) is 9.90 Å². The van der Waals surface area contributed by atoms with Crippen molar-refractivity contribution in [2.75, 3.05) is 13.1 Å². The number of thiophene rings is 1. The van der Waals surface area contributed by atoms with E-state index in [1.807, 2.05) is 19.1 Å². The average molecular weight is 300 g/mol. The second-order valence-electron chi connectivity index (χ2n) is 5.15. The van der Waals surface area contributed by atoms with Gasteiger partial charge in [-0.15, -0.1) is 11.3 Å². The number of amides is 1. The van der Waals surface area contributed by atoms with Crippen molar-refractivity contribution < 1.29 is 9.90 Å². The maximum Gasteiger partial charge on any atom is 0.246 e. The molecule has 0 bridgehead atoms. The normalized spacial score (nSPS) is 24.7. The molecule has 1 saturated heterocycles. The van der Waals surface area contributed by atoms with Crippen molar-refractivity contribution in [1.29, 1.82) is 0 Å². The van der Waals surface area contributed by atoms with E-state index in [1.54, 1.807) is 17.1 Å². The molecule has 0 saturated carbocycles. The van der Waals surface area contributed by atoms with Gasteiger partial charge >= 0.3 is 0 Å². The first-order valence-electron chi connectivity index (χ1n) is 6.41. The number of likely N-dealkylation sites (tertiary alicyclic amines) is 1. The van der Waals surface area contributed by atoms with Crippen molar-refractivity contribution in [3.63, 3.8) is 0 Å². The van der Waals surface area contributed by atoms with Crippen LogP contribution in [0.4, 0.5) is 0 Å². The number of hydrogen-bond donors (Lipinski definition) is 1. The lowest BCUT2D eigenvalue weighted by Crippen LogP contribution is -2.32. The smallest absolute Gasteiger partial charge is 0.246 e. The largest absolute Gasteiger partial charge is 0.390 e. The van der Waals surface area contributed by atoms with Gasteiger partial charge in [-0.3, -0.25) is 4.79 Å². The van der Waals surface area contributed by atoms with E-state index in [4.69, 9.17) is 11.6 Å². The summed E-state index contributed by atoms with van der Waals surface area (Å²) in [5.74, 6) is 0.00206. The second-order valence-corrected chi connectivity index (χ2v) is 6.90. The Balaban J connectivity index is 1.94. The molecule has 1 aromatic rings. The molecule has 0 aromatic carbocycles. The maximum atomic E-state index is 12.1.